The fourth-order valence-electron chi connectivity index (χ4n) is 4.51. The number of aliphatic hydroxyl groups excluding tert-OH is 1. The zero-order valence-electron chi connectivity index (χ0n) is 19.2. The van der Waals surface area contributed by atoms with E-state index in [-0.39, 0.29) is 6.61 Å². The van der Waals surface area contributed by atoms with Crippen LogP contribution in [0.2, 0.25) is 0 Å². The number of ether oxygens (including phenoxy) is 3. The van der Waals surface area contributed by atoms with Crippen LogP contribution in [-0.4, -0.2) is 67.8 Å². The van der Waals surface area contributed by atoms with Crippen molar-refractivity contribution >= 4 is 0 Å². The van der Waals surface area contributed by atoms with Crippen LogP contribution >= 0.6 is 0 Å². The van der Waals surface area contributed by atoms with Crippen molar-refractivity contribution in [3.05, 3.63) is 41.2 Å². The first-order valence-electron chi connectivity index (χ1n) is 11.7. The highest BCUT2D eigenvalue weighted by molar-refractivity contribution is 5.58. The Balaban J connectivity index is 1.62. The molecule has 2 aliphatic rings. The summed E-state index contributed by atoms with van der Waals surface area (Å²) >= 11 is 0. The van der Waals surface area contributed by atoms with E-state index in [1.165, 1.54) is 5.56 Å². The van der Waals surface area contributed by atoms with Crippen molar-refractivity contribution in [1.29, 1.82) is 0 Å². The van der Waals surface area contributed by atoms with Gasteiger partial charge in [-0.25, -0.2) is 9.97 Å². The molecular weight excluding hydrogens is 406 g/mol. The van der Waals surface area contributed by atoms with Crippen LogP contribution in [0, 0.1) is 12.8 Å². The lowest BCUT2D eigenvalue weighted by molar-refractivity contribution is 0.0843. The Bertz CT molecular complexity index is 879. The number of aliphatic hydroxyl groups is 1. The Hall–Kier alpha value is -2.06. The third-order valence-corrected chi connectivity index (χ3v) is 6.37. The van der Waals surface area contributed by atoms with E-state index in [1.54, 1.807) is 0 Å². The lowest BCUT2D eigenvalue weighted by atomic mass is 9.90. The van der Waals surface area contributed by atoms with E-state index in [0.717, 1.165) is 74.9 Å². The maximum absolute atomic E-state index is 9.95. The molecule has 0 bridgehead atoms. The van der Waals surface area contributed by atoms with Gasteiger partial charge in [-0.05, 0) is 63.3 Å². The van der Waals surface area contributed by atoms with Crippen LogP contribution in [0.25, 0.3) is 11.4 Å². The minimum atomic E-state index is -0.556. The van der Waals surface area contributed by atoms with Gasteiger partial charge >= 0.3 is 0 Å². The summed E-state index contributed by atoms with van der Waals surface area (Å²) in [6.45, 7) is 6.11. The fourth-order valence-corrected chi connectivity index (χ4v) is 4.51. The largest absolute Gasteiger partial charge is 0.491 e. The van der Waals surface area contributed by atoms with Crippen molar-refractivity contribution in [3.63, 3.8) is 0 Å². The van der Waals surface area contributed by atoms with Gasteiger partial charge in [0.1, 0.15) is 18.5 Å². The molecule has 2 aliphatic heterocycles. The number of nitrogens with one attached hydrogen (secondary N) is 1. The van der Waals surface area contributed by atoms with E-state index in [4.69, 9.17) is 24.2 Å². The highest BCUT2D eigenvalue weighted by Gasteiger charge is 2.25. The predicted molar refractivity (Wildman–Crippen MR) is 123 cm³/mol. The number of nitrogens with zero attached hydrogens (tertiary/aromatic N) is 2. The standard InChI is InChI=1S/C25H35N3O4/c1-17-23(12-18-6-9-31-15-18)27-25(28-24(17)19-7-10-30-11-8-19)20-4-3-5-22(13-20)32-16-21(29)14-26-2/h3-5,13,18-19,21,26,29H,6-12,14-16H2,1-2H3/t18-,21?/m1/s1. The SMILES string of the molecule is CNCC(O)COc1cccc(-c2nc(C[C@H]3CCOC3)c(C)c(C3CCOCC3)n2)c1. The van der Waals surface area contributed by atoms with Crippen LogP contribution in [0.15, 0.2) is 24.3 Å². The molecule has 1 aromatic carbocycles. The van der Waals surface area contributed by atoms with Gasteiger partial charge in [0.05, 0.1) is 5.69 Å². The predicted octanol–water partition coefficient (Wildman–Crippen LogP) is 2.88. The Morgan fingerprint density at radius 3 is 2.72 bits per heavy atom. The van der Waals surface area contributed by atoms with Crippen LogP contribution in [-0.2, 0) is 15.9 Å². The monoisotopic (exact) mass is 441 g/mol. The van der Waals surface area contributed by atoms with Gasteiger partial charge in [-0.2, -0.15) is 0 Å². The molecular formula is C25H35N3O4. The molecule has 2 fully saturated rings. The second-order valence-corrected chi connectivity index (χ2v) is 8.87. The van der Waals surface area contributed by atoms with Crippen molar-refractivity contribution in [1.82, 2.24) is 15.3 Å². The van der Waals surface area contributed by atoms with Gasteiger partial charge in [-0.15, -0.1) is 0 Å². The first-order chi connectivity index (χ1) is 15.6. The van der Waals surface area contributed by atoms with Gasteiger partial charge in [0.25, 0.3) is 0 Å². The average molecular weight is 442 g/mol. The summed E-state index contributed by atoms with van der Waals surface area (Å²) in [4.78, 5) is 10.1. The maximum Gasteiger partial charge on any atom is 0.159 e. The van der Waals surface area contributed by atoms with E-state index in [0.29, 0.717) is 24.1 Å². The summed E-state index contributed by atoms with van der Waals surface area (Å²) in [7, 11) is 1.81. The molecule has 7 nitrogen and oxygen atoms in total. The number of aromatic nitrogens is 2. The molecule has 0 amide bonds. The zero-order valence-corrected chi connectivity index (χ0v) is 19.2. The summed E-state index contributed by atoms with van der Waals surface area (Å²) in [5.41, 5.74) is 4.43. The van der Waals surface area contributed by atoms with Gasteiger partial charge in [-0.1, -0.05) is 12.1 Å². The lowest BCUT2D eigenvalue weighted by Gasteiger charge is -2.25. The Labute approximate surface area is 190 Å². The summed E-state index contributed by atoms with van der Waals surface area (Å²) in [6, 6.07) is 7.85. The van der Waals surface area contributed by atoms with Crippen molar-refractivity contribution in [2.24, 2.45) is 5.92 Å². The molecule has 2 atom stereocenters. The quantitative estimate of drug-likeness (QED) is 0.619. The highest BCUT2D eigenvalue weighted by atomic mass is 16.5. The fraction of sp³-hybridized carbons (Fsp3) is 0.600. The van der Waals surface area contributed by atoms with E-state index < -0.39 is 6.10 Å². The van der Waals surface area contributed by atoms with Crippen LogP contribution in [0.5, 0.6) is 5.75 Å². The van der Waals surface area contributed by atoms with Crippen molar-refractivity contribution < 1.29 is 19.3 Å². The molecule has 2 aromatic rings. The molecule has 2 N–H and O–H groups in total. The minimum Gasteiger partial charge on any atom is -0.491 e. The molecule has 2 saturated heterocycles. The number of rotatable bonds is 9. The van der Waals surface area contributed by atoms with Gasteiger partial charge in [0.15, 0.2) is 5.82 Å². The second kappa shape index (κ2) is 11.2. The molecule has 0 spiro atoms. The summed E-state index contributed by atoms with van der Waals surface area (Å²) in [5, 5.41) is 12.9. The van der Waals surface area contributed by atoms with Crippen LogP contribution in [0.1, 0.15) is 42.1 Å². The molecule has 1 aromatic heterocycles. The molecule has 1 unspecified atom stereocenters. The molecule has 0 saturated carbocycles. The summed E-state index contributed by atoms with van der Waals surface area (Å²) in [5.74, 6) is 2.37. The Kier molecular flexibility index (Phi) is 8.08. The third kappa shape index (κ3) is 5.84. The molecule has 0 radical (unpaired) electrons. The second-order valence-electron chi connectivity index (χ2n) is 8.87. The van der Waals surface area contributed by atoms with Crippen molar-refractivity contribution in [3.8, 4) is 17.1 Å². The highest BCUT2D eigenvalue weighted by Crippen LogP contribution is 2.32. The first-order valence-corrected chi connectivity index (χ1v) is 11.7. The molecule has 174 valence electrons. The van der Waals surface area contributed by atoms with Gasteiger partial charge in [0, 0.05) is 50.1 Å². The van der Waals surface area contributed by atoms with Crippen LogP contribution < -0.4 is 10.1 Å². The smallest absolute Gasteiger partial charge is 0.159 e. The lowest BCUT2D eigenvalue weighted by Crippen LogP contribution is -2.29. The van der Waals surface area contributed by atoms with Crippen molar-refractivity contribution in [2.45, 2.75) is 44.6 Å². The minimum absolute atomic E-state index is 0.235. The van der Waals surface area contributed by atoms with Gasteiger partial charge in [0.2, 0.25) is 0 Å². The third-order valence-electron chi connectivity index (χ3n) is 6.37. The van der Waals surface area contributed by atoms with Gasteiger partial charge < -0.3 is 24.6 Å². The zero-order chi connectivity index (χ0) is 22.3. The first kappa shape index (κ1) is 23.1. The molecule has 7 heteroatoms. The Morgan fingerprint density at radius 2 is 1.97 bits per heavy atom. The number of likely N-dealkylation sites (N-methyl/N-ethyl adjacent to an activating group) is 1. The Morgan fingerprint density at radius 1 is 1.16 bits per heavy atom. The number of hydrogen-bond acceptors (Lipinski definition) is 7. The molecule has 0 aliphatic carbocycles. The summed E-state index contributed by atoms with van der Waals surface area (Å²) in [6.07, 6.45) is 3.44. The summed E-state index contributed by atoms with van der Waals surface area (Å²) < 4.78 is 17.0. The van der Waals surface area contributed by atoms with E-state index >= 15 is 0 Å². The van der Waals surface area contributed by atoms with Crippen molar-refractivity contribution in [2.75, 3.05) is 46.6 Å². The molecule has 3 heterocycles. The van der Waals surface area contributed by atoms with Crippen LogP contribution in [0.3, 0.4) is 0 Å². The van der Waals surface area contributed by atoms with E-state index in [1.807, 2.05) is 31.3 Å². The molecule has 32 heavy (non-hydrogen) atoms. The topological polar surface area (TPSA) is 85.7 Å². The maximum atomic E-state index is 9.95. The normalized spacial score (nSPS) is 20.4. The van der Waals surface area contributed by atoms with Gasteiger partial charge in [-0.3, -0.25) is 0 Å². The average Bonchev–Trinajstić information content (AvgIpc) is 3.33. The van der Waals surface area contributed by atoms with E-state index in [2.05, 4.69) is 12.2 Å². The van der Waals surface area contributed by atoms with E-state index in [9.17, 15) is 5.11 Å². The van der Waals surface area contributed by atoms with Crippen LogP contribution in [0.4, 0.5) is 0 Å². The number of benzene rings is 1. The number of hydrogen-bond donors (Lipinski definition) is 2. The molecule has 4 rings (SSSR count).